The number of carbonyl (C=O) groups excluding carboxylic acids is 2. The minimum atomic E-state index is -0.746. The fourth-order valence-electron chi connectivity index (χ4n) is 4.24. The SMILES string of the molecule is CCOC(=O)CC(=O)CCc1cn(C(c2ccccc2)(c2ccccc2)c2ccccc2)nn1. The molecule has 0 N–H and O–H groups in total. The largest absolute Gasteiger partial charge is 0.466 e. The molecule has 0 fully saturated rings. The van der Waals surface area contributed by atoms with Crippen molar-refractivity contribution < 1.29 is 14.3 Å². The van der Waals surface area contributed by atoms with E-state index in [0.717, 1.165) is 16.7 Å². The van der Waals surface area contributed by atoms with Crippen molar-refractivity contribution in [3.63, 3.8) is 0 Å². The van der Waals surface area contributed by atoms with E-state index >= 15 is 0 Å². The Labute approximate surface area is 199 Å². The van der Waals surface area contributed by atoms with Gasteiger partial charge < -0.3 is 4.74 Å². The summed E-state index contributed by atoms with van der Waals surface area (Å²) >= 11 is 0. The zero-order valence-corrected chi connectivity index (χ0v) is 19.1. The summed E-state index contributed by atoms with van der Waals surface area (Å²) in [6.07, 6.45) is 2.27. The Kier molecular flexibility index (Phi) is 7.28. The number of benzene rings is 3. The second kappa shape index (κ2) is 10.7. The Morgan fingerprint density at radius 1 is 0.824 bits per heavy atom. The number of hydrogen-bond acceptors (Lipinski definition) is 5. The first kappa shape index (κ1) is 23.1. The fraction of sp³-hybridized carbons (Fsp3) is 0.214. The quantitative estimate of drug-likeness (QED) is 0.200. The molecule has 6 heteroatoms. The number of hydrogen-bond donors (Lipinski definition) is 0. The Balaban J connectivity index is 1.74. The normalized spacial score (nSPS) is 11.2. The number of Topliss-reactive ketones (excluding diaryl/α,β-unsaturated/α-hetero) is 1. The molecule has 0 saturated carbocycles. The molecule has 0 saturated heterocycles. The first-order valence-corrected chi connectivity index (χ1v) is 11.4. The maximum Gasteiger partial charge on any atom is 0.313 e. The zero-order chi connectivity index (χ0) is 23.8. The summed E-state index contributed by atoms with van der Waals surface area (Å²) in [7, 11) is 0. The Morgan fingerprint density at radius 3 is 1.79 bits per heavy atom. The van der Waals surface area contributed by atoms with Crippen LogP contribution in [0.25, 0.3) is 0 Å². The van der Waals surface area contributed by atoms with Gasteiger partial charge in [0.25, 0.3) is 0 Å². The van der Waals surface area contributed by atoms with Crippen LogP contribution in [0.4, 0.5) is 0 Å². The van der Waals surface area contributed by atoms with Gasteiger partial charge in [-0.1, -0.05) is 96.2 Å². The number of nitrogens with zero attached hydrogens (tertiary/aromatic N) is 3. The molecule has 34 heavy (non-hydrogen) atoms. The molecule has 1 heterocycles. The number of rotatable bonds is 10. The maximum absolute atomic E-state index is 12.2. The van der Waals surface area contributed by atoms with E-state index in [0.29, 0.717) is 12.1 Å². The van der Waals surface area contributed by atoms with Crippen LogP contribution in [-0.4, -0.2) is 33.4 Å². The van der Waals surface area contributed by atoms with Gasteiger partial charge >= 0.3 is 5.97 Å². The molecule has 0 aliphatic heterocycles. The molecule has 0 aliphatic rings. The van der Waals surface area contributed by atoms with Crippen LogP contribution < -0.4 is 0 Å². The summed E-state index contributed by atoms with van der Waals surface area (Å²) in [6, 6.07) is 30.6. The van der Waals surface area contributed by atoms with Gasteiger partial charge in [0, 0.05) is 12.8 Å². The van der Waals surface area contributed by atoms with Gasteiger partial charge in [0.1, 0.15) is 17.7 Å². The molecule has 172 valence electrons. The predicted octanol–water partition coefficient (Wildman–Crippen LogP) is 4.57. The average Bonchev–Trinajstić information content (AvgIpc) is 3.35. The van der Waals surface area contributed by atoms with Crippen LogP contribution in [0.1, 0.15) is 42.1 Å². The average molecular weight is 454 g/mol. The van der Waals surface area contributed by atoms with Gasteiger partial charge in [-0.25, -0.2) is 4.68 Å². The molecular weight excluding hydrogens is 426 g/mol. The number of ether oxygens (including phenoxy) is 1. The lowest BCUT2D eigenvalue weighted by atomic mass is 9.77. The third-order valence-corrected chi connectivity index (χ3v) is 5.77. The monoisotopic (exact) mass is 453 g/mol. The minimum absolute atomic E-state index is 0.173. The summed E-state index contributed by atoms with van der Waals surface area (Å²) in [4.78, 5) is 23.8. The van der Waals surface area contributed by atoms with E-state index in [-0.39, 0.29) is 25.2 Å². The highest BCUT2D eigenvalue weighted by Crippen LogP contribution is 2.40. The van der Waals surface area contributed by atoms with Crippen molar-refractivity contribution in [1.29, 1.82) is 0 Å². The van der Waals surface area contributed by atoms with Crippen LogP contribution in [-0.2, 0) is 26.3 Å². The van der Waals surface area contributed by atoms with Crippen LogP contribution >= 0.6 is 0 Å². The van der Waals surface area contributed by atoms with Gasteiger partial charge in [-0.15, -0.1) is 5.10 Å². The molecule has 4 rings (SSSR count). The third kappa shape index (κ3) is 4.81. The van der Waals surface area contributed by atoms with Crippen molar-refractivity contribution in [3.8, 4) is 0 Å². The molecule has 0 aliphatic carbocycles. The molecule has 1 aromatic heterocycles. The first-order valence-electron chi connectivity index (χ1n) is 11.4. The van der Waals surface area contributed by atoms with Crippen molar-refractivity contribution in [3.05, 3.63) is 120 Å². The summed E-state index contributed by atoms with van der Waals surface area (Å²) in [5.41, 5.74) is 3.07. The molecule has 0 atom stereocenters. The van der Waals surface area contributed by atoms with Crippen LogP contribution in [0.2, 0.25) is 0 Å². The van der Waals surface area contributed by atoms with Gasteiger partial charge in [0.2, 0.25) is 0 Å². The van der Waals surface area contributed by atoms with Gasteiger partial charge in [-0.2, -0.15) is 0 Å². The van der Waals surface area contributed by atoms with Crippen LogP contribution in [0.3, 0.4) is 0 Å². The van der Waals surface area contributed by atoms with Gasteiger partial charge in [-0.05, 0) is 23.6 Å². The molecule has 4 aromatic rings. The Bertz CT molecular complexity index is 1120. The number of carbonyl (C=O) groups is 2. The van der Waals surface area contributed by atoms with Crippen molar-refractivity contribution >= 4 is 11.8 Å². The smallest absolute Gasteiger partial charge is 0.313 e. The van der Waals surface area contributed by atoms with Crippen molar-refractivity contribution in [2.75, 3.05) is 6.61 Å². The highest BCUT2D eigenvalue weighted by atomic mass is 16.5. The number of esters is 1. The summed E-state index contributed by atoms with van der Waals surface area (Å²) in [5.74, 6) is -0.666. The molecule has 0 bridgehead atoms. The van der Waals surface area contributed by atoms with E-state index in [9.17, 15) is 9.59 Å². The highest BCUT2D eigenvalue weighted by Gasteiger charge is 2.39. The van der Waals surface area contributed by atoms with E-state index in [1.165, 1.54) is 0 Å². The van der Waals surface area contributed by atoms with E-state index in [1.807, 2.05) is 65.5 Å². The van der Waals surface area contributed by atoms with Crippen LogP contribution in [0.15, 0.2) is 97.2 Å². The Hall–Kier alpha value is -4.06. The maximum atomic E-state index is 12.2. The minimum Gasteiger partial charge on any atom is -0.466 e. The van der Waals surface area contributed by atoms with E-state index in [1.54, 1.807) is 6.92 Å². The lowest BCUT2D eigenvalue weighted by Gasteiger charge is -2.35. The fourth-order valence-corrected chi connectivity index (χ4v) is 4.24. The second-order valence-corrected chi connectivity index (χ2v) is 7.98. The molecule has 6 nitrogen and oxygen atoms in total. The summed E-state index contributed by atoms with van der Waals surface area (Å²) < 4.78 is 6.74. The van der Waals surface area contributed by atoms with Crippen LogP contribution in [0.5, 0.6) is 0 Å². The van der Waals surface area contributed by atoms with E-state index in [4.69, 9.17) is 4.74 Å². The van der Waals surface area contributed by atoms with Crippen molar-refractivity contribution in [2.45, 2.75) is 31.7 Å². The van der Waals surface area contributed by atoms with E-state index in [2.05, 4.69) is 46.7 Å². The lowest BCUT2D eigenvalue weighted by Crippen LogP contribution is -2.38. The number of ketones is 1. The van der Waals surface area contributed by atoms with Crippen molar-refractivity contribution in [2.24, 2.45) is 0 Å². The second-order valence-electron chi connectivity index (χ2n) is 7.98. The molecular formula is C28H27N3O3. The van der Waals surface area contributed by atoms with Gasteiger partial charge in [0.15, 0.2) is 0 Å². The zero-order valence-electron chi connectivity index (χ0n) is 19.1. The van der Waals surface area contributed by atoms with Gasteiger partial charge in [0.05, 0.1) is 18.5 Å². The summed E-state index contributed by atoms with van der Waals surface area (Å²) in [6.45, 7) is 1.99. The topological polar surface area (TPSA) is 74.1 Å². The Morgan fingerprint density at radius 2 is 1.32 bits per heavy atom. The first-order chi connectivity index (χ1) is 16.6. The molecule has 0 amide bonds. The molecule has 0 radical (unpaired) electrons. The number of aryl methyl sites for hydroxylation is 1. The predicted molar refractivity (Wildman–Crippen MR) is 129 cm³/mol. The molecule has 0 unspecified atom stereocenters. The summed E-state index contributed by atoms with van der Waals surface area (Å²) in [5, 5.41) is 8.94. The van der Waals surface area contributed by atoms with Crippen LogP contribution in [0, 0.1) is 0 Å². The van der Waals surface area contributed by atoms with Crippen molar-refractivity contribution in [1.82, 2.24) is 15.0 Å². The molecule has 3 aromatic carbocycles. The standard InChI is InChI=1S/C28H27N3O3/c1-2-34-27(33)20-26(32)19-18-25-21-31(30-29-25)28(22-12-6-3-7-13-22,23-14-8-4-9-15-23)24-16-10-5-11-17-24/h3-17,21H,2,18-20H2,1H3. The number of aromatic nitrogens is 3. The highest BCUT2D eigenvalue weighted by molar-refractivity contribution is 5.95. The molecule has 0 spiro atoms. The third-order valence-electron chi connectivity index (χ3n) is 5.77. The van der Waals surface area contributed by atoms with Gasteiger partial charge in [-0.3, -0.25) is 9.59 Å². The lowest BCUT2D eigenvalue weighted by molar-refractivity contribution is -0.145. The van der Waals surface area contributed by atoms with E-state index < -0.39 is 11.5 Å².